The van der Waals surface area contributed by atoms with Crippen molar-refractivity contribution in [3.63, 3.8) is 0 Å². The Morgan fingerprint density at radius 3 is 2.52 bits per heavy atom. The maximum Gasteiger partial charge on any atom is 0.200 e. The molecule has 0 spiro atoms. The average Bonchev–Trinajstić information content (AvgIpc) is 2.53. The summed E-state index contributed by atoms with van der Waals surface area (Å²) >= 11 is 0. The molecule has 6 heteroatoms. The summed E-state index contributed by atoms with van der Waals surface area (Å²) in [6.45, 7) is 0.909. The van der Waals surface area contributed by atoms with Crippen LogP contribution in [0.15, 0.2) is 41.9 Å². The van der Waals surface area contributed by atoms with E-state index in [9.17, 15) is 5.11 Å². The molecule has 0 unspecified atom stereocenters. The number of allylic oxidation sites excluding steroid dienone is 2. The van der Waals surface area contributed by atoms with Crippen LogP contribution in [0, 0.1) is 0 Å². The number of methoxy groups -OCH3 is 2. The van der Waals surface area contributed by atoms with Crippen LogP contribution in [0.1, 0.15) is 5.56 Å². The smallest absolute Gasteiger partial charge is 0.200 e. The average molecular weight is 283 g/mol. The summed E-state index contributed by atoms with van der Waals surface area (Å²) < 4.78 is 10.3. The molecule has 0 aliphatic carbocycles. The third-order valence-corrected chi connectivity index (χ3v) is 3.27. The SMILES string of the molecule is COc1cc(/C=C/BBC2=CNCC=C2)cc(OC)c1O. The Bertz CT molecular complexity index is 557. The van der Waals surface area contributed by atoms with Crippen molar-refractivity contribution in [2.45, 2.75) is 0 Å². The van der Waals surface area contributed by atoms with Crippen LogP contribution in [0.25, 0.3) is 6.08 Å². The first-order valence-corrected chi connectivity index (χ1v) is 6.95. The van der Waals surface area contributed by atoms with Gasteiger partial charge >= 0.3 is 0 Å². The fourth-order valence-electron chi connectivity index (χ4n) is 2.15. The molecule has 2 N–H and O–H groups in total. The summed E-state index contributed by atoms with van der Waals surface area (Å²) in [7, 11) is 4.99. The van der Waals surface area contributed by atoms with Crippen LogP contribution in [-0.2, 0) is 0 Å². The molecule has 0 amide bonds. The molecule has 1 heterocycles. The van der Waals surface area contributed by atoms with E-state index in [-0.39, 0.29) is 5.75 Å². The van der Waals surface area contributed by atoms with Crippen molar-refractivity contribution >= 4 is 20.4 Å². The first-order chi connectivity index (χ1) is 10.2. The maximum absolute atomic E-state index is 9.86. The van der Waals surface area contributed by atoms with Gasteiger partial charge < -0.3 is 19.9 Å². The Morgan fingerprint density at radius 1 is 1.24 bits per heavy atom. The van der Waals surface area contributed by atoms with E-state index in [1.807, 2.05) is 6.08 Å². The second-order valence-electron chi connectivity index (χ2n) is 4.74. The van der Waals surface area contributed by atoms with Crippen LogP contribution in [-0.4, -0.2) is 40.2 Å². The number of hydrogen-bond donors (Lipinski definition) is 2. The van der Waals surface area contributed by atoms with Gasteiger partial charge in [-0.1, -0.05) is 23.7 Å². The van der Waals surface area contributed by atoms with E-state index in [0.29, 0.717) is 11.5 Å². The van der Waals surface area contributed by atoms with Gasteiger partial charge in [-0.3, -0.25) is 0 Å². The van der Waals surface area contributed by atoms with Crippen molar-refractivity contribution in [3.05, 3.63) is 47.5 Å². The number of phenols is 1. The van der Waals surface area contributed by atoms with Crippen LogP contribution >= 0.6 is 0 Å². The first kappa shape index (κ1) is 15.2. The monoisotopic (exact) mass is 283 g/mol. The second kappa shape index (κ2) is 7.53. The molecule has 1 aromatic rings. The molecule has 0 aromatic heterocycles. The van der Waals surface area contributed by atoms with Crippen LogP contribution < -0.4 is 14.8 Å². The van der Waals surface area contributed by atoms with Gasteiger partial charge in [0.15, 0.2) is 11.5 Å². The van der Waals surface area contributed by atoms with Gasteiger partial charge in [-0.05, 0) is 23.9 Å². The molecule has 1 aromatic carbocycles. The fraction of sp³-hybridized carbons (Fsp3) is 0.200. The lowest BCUT2D eigenvalue weighted by Crippen LogP contribution is -2.14. The minimum Gasteiger partial charge on any atom is -0.502 e. The lowest BCUT2D eigenvalue weighted by atomic mass is 9.36. The van der Waals surface area contributed by atoms with E-state index in [1.165, 1.54) is 19.7 Å². The van der Waals surface area contributed by atoms with Gasteiger partial charge in [0, 0.05) is 6.54 Å². The predicted molar refractivity (Wildman–Crippen MR) is 89.8 cm³/mol. The Labute approximate surface area is 126 Å². The second-order valence-corrected chi connectivity index (χ2v) is 4.74. The quantitative estimate of drug-likeness (QED) is 0.769. The molecule has 0 fully saturated rings. The number of aromatic hydroxyl groups is 1. The minimum atomic E-state index is 0.0284. The number of ether oxygens (including phenoxy) is 2. The van der Waals surface area contributed by atoms with E-state index < -0.39 is 0 Å². The number of rotatable bonds is 6. The summed E-state index contributed by atoms with van der Waals surface area (Å²) in [5.74, 6) is 2.96. The van der Waals surface area contributed by atoms with Gasteiger partial charge in [-0.25, -0.2) is 0 Å². The van der Waals surface area contributed by atoms with E-state index in [0.717, 1.165) is 26.4 Å². The maximum atomic E-state index is 9.86. The highest BCUT2D eigenvalue weighted by molar-refractivity contribution is 7.07. The van der Waals surface area contributed by atoms with Gasteiger partial charge in [-0.2, -0.15) is 0 Å². The molecular formula is C15H19B2NO3. The zero-order valence-corrected chi connectivity index (χ0v) is 12.4. The molecule has 21 heavy (non-hydrogen) atoms. The van der Waals surface area contributed by atoms with E-state index in [1.54, 1.807) is 12.1 Å². The van der Waals surface area contributed by atoms with Gasteiger partial charge in [0.05, 0.1) is 14.2 Å². The zero-order chi connectivity index (χ0) is 15.1. The molecule has 108 valence electrons. The van der Waals surface area contributed by atoms with E-state index in [2.05, 4.69) is 29.6 Å². The molecule has 4 nitrogen and oxygen atoms in total. The van der Waals surface area contributed by atoms with Crippen LogP contribution in [0.3, 0.4) is 0 Å². The lowest BCUT2D eigenvalue weighted by molar-refractivity contribution is 0.340. The Balaban J connectivity index is 2.00. The van der Waals surface area contributed by atoms with Crippen LogP contribution in [0.4, 0.5) is 0 Å². The van der Waals surface area contributed by atoms with Gasteiger partial charge in [-0.15, -0.1) is 5.98 Å². The summed E-state index contributed by atoms with van der Waals surface area (Å²) in [4.78, 5) is 0. The summed E-state index contributed by atoms with van der Waals surface area (Å²) in [6, 6.07) is 3.57. The predicted octanol–water partition coefficient (Wildman–Crippen LogP) is 1.17. The van der Waals surface area contributed by atoms with Crippen LogP contribution in [0.5, 0.6) is 17.2 Å². The van der Waals surface area contributed by atoms with Crippen molar-refractivity contribution in [2.75, 3.05) is 20.8 Å². The van der Waals surface area contributed by atoms with Crippen molar-refractivity contribution in [2.24, 2.45) is 0 Å². The summed E-state index contributed by atoms with van der Waals surface area (Å²) in [5, 5.41) is 13.1. The van der Waals surface area contributed by atoms with Crippen molar-refractivity contribution < 1.29 is 14.6 Å². The Kier molecular flexibility index (Phi) is 5.43. The van der Waals surface area contributed by atoms with Gasteiger partial charge in [0.1, 0.15) is 14.3 Å². The molecule has 0 radical (unpaired) electrons. The molecule has 2 rings (SSSR count). The molecule has 1 aliphatic heterocycles. The Morgan fingerprint density at radius 2 is 1.95 bits per heavy atom. The highest BCUT2D eigenvalue weighted by Crippen LogP contribution is 2.37. The third-order valence-electron chi connectivity index (χ3n) is 3.27. The Hall–Kier alpha value is -2.23. The normalized spacial score (nSPS) is 13.5. The zero-order valence-electron chi connectivity index (χ0n) is 12.4. The van der Waals surface area contributed by atoms with Crippen LogP contribution in [0.2, 0.25) is 0 Å². The number of nitrogens with one attached hydrogen (secondary N) is 1. The highest BCUT2D eigenvalue weighted by atomic mass is 16.5. The van der Waals surface area contributed by atoms with Gasteiger partial charge in [0.2, 0.25) is 5.75 Å². The standard InChI is InChI=1S/C15H19B2NO3/c1-20-13-8-11(9-14(21-2)15(13)19)5-6-16-17-12-4-3-7-18-10-12/h3-6,8-10,16-19H,7H2,1-2H3/b6-5+. The first-order valence-electron chi connectivity index (χ1n) is 6.95. The number of dihydropyridines is 1. The number of benzene rings is 1. The number of hydrogen-bond acceptors (Lipinski definition) is 4. The summed E-state index contributed by atoms with van der Waals surface area (Å²) in [6.07, 6.45) is 8.33. The van der Waals surface area contributed by atoms with Crippen molar-refractivity contribution in [3.8, 4) is 17.2 Å². The molecular weight excluding hydrogens is 264 g/mol. The molecule has 0 atom stereocenters. The molecule has 0 bridgehead atoms. The fourth-order valence-corrected chi connectivity index (χ4v) is 2.15. The highest BCUT2D eigenvalue weighted by Gasteiger charge is 2.09. The third kappa shape index (κ3) is 4.12. The van der Waals surface area contributed by atoms with E-state index >= 15 is 0 Å². The number of phenolic OH excluding ortho intramolecular Hbond substituents is 1. The van der Waals surface area contributed by atoms with E-state index in [4.69, 9.17) is 9.47 Å². The largest absolute Gasteiger partial charge is 0.502 e. The topological polar surface area (TPSA) is 50.7 Å². The minimum absolute atomic E-state index is 0.0284. The molecule has 1 aliphatic rings. The van der Waals surface area contributed by atoms with Gasteiger partial charge in [0.25, 0.3) is 0 Å². The molecule has 0 saturated carbocycles. The lowest BCUT2D eigenvalue weighted by Gasteiger charge is -2.09. The molecule has 0 saturated heterocycles. The van der Waals surface area contributed by atoms with Crippen molar-refractivity contribution in [1.29, 1.82) is 0 Å². The van der Waals surface area contributed by atoms with Crippen molar-refractivity contribution in [1.82, 2.24) is 5.32 Å². The summed E-state index contributed by atoms with van der Waals surface area (Å²) in [5.41, 5.74) is 2.24.